The number of carbonyl (C=O) groups excluding carboxylic acids is 1. The fraction of sp³-hybridized carbons (Fsp3) is 0.500. The molecule has 1 aliphatic heterocycles. The van der Waals surface area contributed by atoms with Gasteiger partial charge in [0.25, 0.3) is 10.7 Å². The van der Waals surface area contributed by atoms with E-state index in [1.807, 2.05) is 0 Å². The fourth-order valence-electron chi connectivity index (χ4n) is 2.62. The van der Waals surface area contributed by atoms with Crippen LogP contribution < -0.4 is 4.74 Å². The molecule has 0 radical (unpaired) electrons. The van der Waals surface area contributed by atoms with Crippen molar-refractivity contribution in [2.45, 2.75) is 38.7 Å². The Morgan fingerprint density at radius 1 is 1.29 bits per heavy atom. The van der Waals surface area contributed by atoms with Crippen LogP contribution in [-0.2, 0) is 14.3 Å². The van der Waals surface area contributed by atoms with Gasteiger partial charge in [-0.25, -0.2) is 4.79 Å². The first kappa shape index (κ1) is 24.9. The van der Waals surface area contributed by atoms with Gasteiger partial charge in [-0.05, 0) is 25.1 Å². The number of benzene rings is 1. The molecule has 0 fully saturated rings. The van der Waals surface area contributed by atoms with Gasteiger partial charge in [-0.3, -0.25) is 0 Å². The lowest BCUT2D eigenvalue weighted by Gasteiger charge is -2.39. The maximum Gasteiger partial charge on any atom is 0.508 e. The van der Waals surface area contributed by atoms with Crippen LogP contribution in [0.1, 0.15) is 26.3 Å². The number of fused-ring (bicyclic) bond motifs is 1. The Hall–Kier alpha value is -2.40. The molecule has 0 saturated carbocycles. The zero-order valence-electron chi connectivity index (χ0n) is 16.5. The average Bonchev–Trinajstić information content (AvgIpc) is 2.63. The van der Waals surface area contributed by atoms with E-state index in [2.05, 4.69) is 4.84 Å². The summed E-state index contributed by atoms with van der Waals surface area (Å²) in [5.74, 6) is -0.271. The predicted molar refractivity (Wildman–Crippen MR) is 104 cm³/mol. The normalized spacial score (nSPS) is 19.1. The van der Waals surface area contributed by atoms with Gasteiger partial charge in [0.05, 0.1) is 5.02 Å². The van der Waals surface area contributed by atoms with Crippen LogP contribution in [0, 0.1) is 15.5 Å². The first-order valence-electron chi connectivity index (χ1n) is 8.71. The number of ether oxygens (including phenoxy) is 3. The third kappa shape index (κ3) is 5.85. The van der Waals surface area contributed by atoms with E-state index >= 15 is 0 Å². The maximum atomic E-state index is 14.0. The lowest BCUT2D eigenvalue weighted by molar-refractivity contribution is -0.760. The number of halogens is 5. The molecule has 0 aliphatic carbocycles. The second-order valence-corrected chi connectivity index (χ2v) is 8.34. The smallest absolute Gasteiger partial charge is 0.467 e. The van der Waals surface area contributed by atoms with E-state index in [1.54, 1.807) is 0 Å². The maximum absolute atomic E-state index is 14.0. The highest BCUT2D eigenvalue weighted by Crippen LogP contribution is 2.47. The van der Waals surface area contributed by atoms with Gasteiger partial charge in [0.15, 0.2) is 6.10 Å². The molecule has 0 spiro atoms. The second kappa shape index (κ2) is 8.99. The molecule has 1 aliphatic rings. The first-order chi connectivity index (χ1) is 14.2. The number of carbonyl (C=O) groups is 1. The van der Waals surface area contributed by atoms with Crippen molar-refractivity contribution in [1.29, 1.82) is 0 Å². The van der Waals surface area contributed by atoms with Crippen molar-refractivity contribution >= 4 is 35.4 Å². The minimum Gasteiger partial charge on any atom is -0.467 e. The molecule has 1 aromatic rings. The van der Waals surface area contributed by atoms with Crippen molar-refractivity contribution in [3.63, 3.8) is 0 Å². The van der Waals surface area contributed by atoms with Gasteiger partial charge in [0, 0.05) is 16.0 Å². The molecule has 1 heterocycles. The highest BCUT2D eigenvalue weighted by Gasteiger charge is 2.62. The highest BCUT2D eigenvalue weighted by molar-refractivity contribution is 6.36. The molecule has 172 valence electrons. The largest absolute Gasteiger partial charge is 0.508 e. The Labute approximate surface area is 184 Å². The second-order valence-electron chi connectivity index (χ2n) is 7.49. The highest BCUT2D eigenvalue weighted by atomic mass is 35.5. The number of hydrogen-bond donors (Lipinski definition) is 0. The van der Waals surface area contributed by atoms with Gasteiger partial charge in [-0.1, -0.05) is 43.1 Å². The van der Waals surface area contributed by atoms with Crippen LogP contribution >= 0.6 is 23.2 Å². The number of rotatable bonds is 7. The van der Waals surface area contributed by atoms with Gasteiger partial charge in [-0.15, -0.1) is 10.1 Å². The Kier molecular flexibility index (Phi) is 7.21. The van der Waals surface area contributed by atoms with E-state index in [0.29, 0.717) is 6.08 Å². The van der Waals surface area contributed by atoms with E-state index in [0.717, 1.165) is 13.0 Å². The van der Waals surface area contributed by atoms with Gasteiger partial charge in [-0.2, -0.15) is 13.2 Å². The summed E-state index contributed by atoms with van der Waals surface area (Å²) in [6.07, 6.45) is -6.48. The summed E-state index contributed by atoms with van der Waals surface area (Å²) in [5.41, 5.74) is -3.82. The molecule has 2 rings (SSSR count). The summed E-state index contributed by atoms with van der Waals surface area (Å²) in [4.78, 5) is 26.5. The van der Waals surface area contributed by atoms with Crippen LogP contribution in [0.4, 0.5) is 18.0 Å². The molecule has 0 N–H and O–H groups in total. The van der Waals surface area contributed by atoms with E-state index < -0.39 is 47.8 Å². The molecule has 31 heavy (non-hydrogen) atoms. The fourth-order valence-corrected chi connectivity index (χ4v) is 3.17. The molecular weight excluding hydrogens is 470 g/mol. The first-order valence-corrected chi connectivity index (χ1v) is 9.47. The standard InChI is InChI=1S/C18H18Cl2F3NO7/c1-10(30-15(25)28-8-16(2,3)9-29-24(26)27)17(18(21,22)23)5-4-11-6-12(19)7-13(20)14(11)31-17/h4-7,10H,8-9H2,1-3H3/t10?,17-/m0/s1. The minimum atomic E-state index is -5.00. The van der Waals surface area contributed by atoms with Crippen LogP contribution in [-0.4, -0.2) is 42.3 Å². The summed E-state index contributed by atoms with van der Waals surface area (Å²) in [6, 6.07) is 2.59. The Morgan fingerprint density at radius 3 is 2.52 bits per heavy atom. The van der Waals surface area contributed by atoms with Gasteiger partial charge in [0.1, 0.15) is 19.0 Å². The molecule has 0 bridgehead atoms. The zero-order chi connectivity index (χ0) is 23.6. The van der Waals surface area contributed by atoms with Crippen LogP contribution in [0.15, 0.2) is 18.2 Å². The van der Waals surface area contributed by atoms with Crippen molar-refractivity contribution in [2.24, 2.45) is 5.41 Å². The molecule has 1 unspecified atom stereocenters. The summed E-state index contributed by atoms with van der Waals surface area (Å²) in [5, 5.41) is 9.31. The van der Waals surface area contributed by atoms with Crippen LogP contribution in [0.3, 0.4) is 0 Å². The molecular formula is C18H18Cl2F3NO7. The average molecular weight is 488 g/mol. The summed E-state index contributed by atoms with van der Waals surface area (Å²) >= 11 is 11.8. The topological polar surface area (TPSA) is 97.1 Å². The van der Waals surface area contributed by atoms with Crippen molar-refractivity contribution in [2.75, 3.05) is 13.2 Å². The molecule has 2 atom stereocenters. The molecule has 1 aromatic carbocycles. The lowest BCUT2D eigenvalue weighted by atomic mass is 9.92. The monoisotopic (exact) mass is 487 g/mol. The van der Waals surface area contributed by atoms with Crippen LogP contribution in [0.5, 0.6) is 5.75 Å². The predicted octanol–water partition coefficient (Wildman–Crippen LogP) is 5.48. The molecule has 0 aromatic heterocycles. The van der Waals surface area contributed by atoms with Gasteiger partial charge >= 0.3 is 12.3 Å². The third-order valence-electron chi connectivity index (χ3n) is 4.28. The Morgan fingerprint density at radius 2 is 1.94 bits per heavy atom. The van der Waals surface area contributed by atoms with Crippen molar-refractivity contribution in [1.82, 2.24) is 0 Å². The van der Waals surface area contributed by atoms with Crippen molar-refractivity contribution in [3.05, 3.63) is 43.9 Å². The number of nitrogens with zero attached hydrogens (tertiary/aromatic N) is 1. The van der Waals surface area contributed by atoms with E-state index in [-0.39, 0.29) is 21.4 Å². The van der Waals surface area contributed by atoms with Crippen LogP contribution in [0.25, 0.3) is 6.08 Å². The Balaban J connectivity index is 2.16. The minimum absolute atomic E-state index is 0.150. The van der Waals surface area contributed by atoms with E-state index in [1.165, 1.54) is 26.0 Å². The SMILES string of the molecule is CC(OC(=O)OCC(C)(C)CO[N+](=O)[O-])[C@]1(C(F)(F)F)C=Cc2cc(Cl)cc(Cl)c2O1. The number of hydrogen-bond acceptors (Lipinski definition) is 7. The number of alkyl halides is 3. The van der Waals surface area contributed by atoms with E-state index in [4.69, 9.17) is 37.4 Å². The van der Waals surface area contributed by atoms with E-state index in [9.17, 15) is 28.1 Å². The third-order valence-corrected chi connectivity index (χ3v) is 4.78. The molecule has 13 heteroatoms. The summed E-state index contributed by atoms with van der Waals surface area (Å²) < 4.78 is 56.8. The quantitative estimate of drug-likeness (QED) is 0.285. The lowest BCUT2D eigenvalue weighted by Crippen LogP contribution is -2.58. The van der Waals surface area contributed by atoms with Crippen molar-refractivity contribution in [3.8, 4) is 5.75 Å². The van der Waals surface area contributed by atoms with Crippen molar-refractivity contribution < 1.29 is 42.1 Å². The molecule has 8 nitrogen and oxygen atoms in total. The Bertz CT molecular complexity index is 892. The van der Waals surface area contributed by atoms with Gasteiger partial charge in [0.2, 0.25) is 0 Å². The zero-order valence-corrected chi connectivity index (χ0v) is 18.0. The van der Waals surface area contributed by atoms with Gasteiger partial charge < -0.3 is 19.0 Å². The summed E-state index contributed by atoms with van der Waals surface area (Å²) in [6.45, 7) is 3.14. The summed E-state index contributed by atoms with van der Waals surface area (Å²) in [7, 11) is 0. The van der Waals surface area contributed by atoms with Crippen LogP contribution in [0.2, 0.25) is 10.0 Å². The molecule has 0 saturated heterocycles. The molecule has 0 amide bonds.